The Morgan fingerprint density at radius 3 is 2.89 bits per heavy atom. The topological polar surface area (TPSA) is 125 Å². The second-order valence-corrected chi connectivity index (χ2v) is 8.60. The number of H-pyrrole nitrogens is 2. The summed E-state index contributed by atoms with van der Waals surface area (Å²) in [6.45, 7) is 2.06. The molecule has 0 atom stereocenters. The van der Waals surface area contributed by atoms with Crippen LogP contribution in [0.5, 0.6) is 0 Å². The number of aromatic amines is 2. The lowest BCUT2D eigenvalue weighted by molar-refractivity contribution is -0.116. The molecule has 0 saturated carbocycles. The predicted octanol–water partition coefficient (Wildman–Crippen LogP) is 5.95. The monoisotopic (exact) mass is 477 g/mol. The third-order valence-electron chi connectivity index (χ3n) is 6.09. The maximum atomic E-state index is 12.2. The number of aromatic nitrogens is 6. The Bertz CT molecular complexity index is 1680. The third kappa shape index (κ3) is 4.00. The number of nitrogens with one attached hydrogen (secondary N) is 3. The van der Waals surface area contributed by atoms with Crippen molar-refractivity contribution >= 4 is 33.5 Å². The van der Waals surface area contributed by atoms with E-state index in [2.05, 4.69) is 37.4 Å². The van der Waals surface area contributed by atoms with Gasteiger partial charge in [-0.1, -0.05) is 25.5 Å². The van der Waals surface area contributed by atoms with Crippen LogP contribution >= 0.6 is 0 Å². The minimum absolute atomic E-state index is 0.0176. The average molecular weight is 478 g/mol. The molecule has 0 aliphatic rings. The molecule has 178 valence electrons. The van der Waals surface area contributed by atoms with Gasteiger partial charge in [-0.3, -0.25) is 19.9 Å². The Balaban J connectivity index is 1.37. The van der Waals surface area contributed by atoms with Gasteiger partial charge < -0.3 is 14.7 Å². The lowest BCUT2D eigenvalue weighted by atomic mass is 10.1. The number of furan rings is 1. The normalized spacial score (nSPS) is 11.4. The Morgan fingerprint density at radius 1 is 1.08 bits per heavy atom. The van der Waals surface area contributed by atoms with Crippen molar-refractivity contribution in [1.29, 1.82) is 0 Å². The average Bonchev–Trinajstić information content (AvgIpc) is 3.66. The van der Waals surface area contributed by atoms with Gasteiger partial charge in [0, 0.05) is 34.7 Å². The lowest BCUT2D eigenvalue weighted by Crippen LogP contribution is -2.11. The summed E-state index contributed by atoms with van der Waals surface area (Å²) in [4.78, 5) is 29.3. The third-order valence-corrected chi connectivity index (χ3v) is 6.09. The number of pyridine rings is 2. The second kappa shape index (κ2) is 9.10. The van der Waals surface area contributed by atoms with Gasteiger partial charge in [0.1, 0.15) is 5.69 Å². The summed E-state index contributed by atoms with van der Waals surface area (Å²) < 4.78 is 5.27. The molecular weight excluding hydrogens is 454 g/mol. The number of anilines is 1. The highest BCUT2D eigenvalue weighted by Gasteiger charge is 2.17. The van der Waals surface area contributed by atoms with Gasteiger partial charge in [0.25, 0.3) is 0 Å². The van der Waals surface area contributed by atoms with Crippen LogP contribution in [0.1, 0.15) is 26.2 Å². The van der Waals surface area contributed by atoms with E-state index in [1.807, 2.05) is 36.4 Å². The lowest BCUT2D eigenvalue weighted by Gasteiger charge is -2.07. The largest absolute Gasteiger partial charge is 0.472 e. The van der Waals surface area contributed by atoms with E-state index < -0.39 is 0 Å². The summed E-state index contributed by atoms with van der Waals surface area (Å²) in [7, 11) is 0. The Labute approximate surface area is 206 Å². The summed E-state index contributed by atoms with van der Waals surface area (Å²) >= 11 is 0. The first kappa shape index (κ1) is 21.7. The van der Waals surface area contributed by atoms with E-state index in [0.717, 1.165) is 57.2 Å². The second-order valence-electron chi connectivity index (χ2n) is 8.60. The van der Waals surface area contributed by atoms with Crippen LogP contribution in [0.15, 0.2) is 71.9 Å². The first-order chi connectivity index (χ1) is 17.7. The minimum atomic E-state index is -0.0176. The van der Waals surface area contributed by atoms with Crippen LogP contribution in [-0.2, 0) is 4.79 Å². The molecule has 9 heteroatoms. The van der Waals surface area contributed by atoms with Gasteiger partial charge in [-0.2, -0.15) is 5.10 Å². The number of hydrogen-bond acceptors (Lipinski definition) is 6. The van der Waals surface area contributed by atoms with Crippen molar-refractivity contribution in [3.05, 3.63) is 67.5 Å². The maximum Gasteiger partial charge on any atom is 0.224 e. The van der Waals surface area contributed by atoms with E-state index in [0.29, 0.717) is 23.6 Å². The van der Waals surface area contributed by atoms with Gasteiger partial charge in [-0.15, -0.1) is 0 Å². The Morgan fingerprint density at radius 2 is 2.03 bits per heavy atom. The van der Waals surface area contributed by atoms with E-state index in [-0.39, 0.29) is 5.91 Å². The number of para-hydroxylation sites is 1. The van der Waals surface area contributed by atoms with Crippen LogP contribution in [0.4, 0.5) is 5.69 Å². The molecule has 0 bridgehead atoms. The fraction of sp³-hybridized carbons (Fsp3) is 0.148. The molecule has 6 aromatic rings. The van der Waals surface area contributed by atoms with Gasteiger partial charge in [-0.25, -0.2) is 4.98 Å². The SMILES string of the molecule is CCCCC(=O)Nc1cncc(-c2cc3c(-c4nc5c(-c6ccoc6)cccc5[nH]4)n[nH]c3cn2)c1. The zero-order valence-electron chi connectivity index (χ0n) is 19.6. The van der Waals surface area contributed by atoms with Crippen molar-refractivity contribution in [2.75, 3.05) is 5.32 Å². The fourth-order valence-corrected chi connectivity index (χ4v) is 4.26. The van der Waals surface area contributed by atoms with Crippen LogP contribution in [0, 0.1) is 0 Å². The number of carbonyl (C=O) groups is 1. The smallest absolute Gasteiger partial charge is 0.224 e. The quantitative estimate of drug-likeness (QED) is 0.261. The molecule has 5 aromatic heterocycles. The molecule has 0 saturated heterocycles. The molecule has 9 nitrogen and oxygen atoms in total. The predicted molar refractivity (Wildman–Crippen MR) is 138 cm³/mol. The van der Waals surface area contributed by atoms with E-state index in [9.17, 15) is 4.79 Å². The molecule has 6 rings (SSSR count). The van der Waals surface area contributed by atoms with Crippen molar-refractivity contribution < 1.29 is 9.21 Å². The highest BCUT2D eigenvalue weighted by atomic mass is 16.3. The van der Waals surface area contributed by atoms with E-state index in [4.69, 9.17) is 9.40 Å². The van der Waals surface area contributed by atoms with Crippen molar-refractivity contribution in [3.63, 3.8) is 0 Å². The standard InChI is InChI=1S/C27H23N7O2/c1-2-3-7-24(35)30-18-10-17(12-28-13-18)22-11-20-23(14-29-22)33-34-26(20)27-31-21-6-4-5-19(25(21)32-27)16-8-9-36-15-16/h4-6,8-15H,2-3,7H2,1H3,(H,30,35)(H,31,32)(H,33,34). The number of rotatable bonds is 7. The van der Waals surface area contributed by atoms with Gasteiger partial charge in [0.2, 0.25) is 5.91 Å². The Kier molecular flexibility index (Phi) is 5.49. The molecule has 0 spiro atoms. The van der Waals surface area contributed by atoms with Crippen LogP contribution in [0.25, 0.3) is 55.8 Å². The summed E-state index contributed by atoms with van der Waals surface area (Å²) in [5, 5.41) is 11.4. The summed E-state index contributed by atoms with van der Waals surface area (Å²) in [5.74, 6) is 0.635. The van der Waals surface area contributed by atoms with E-state index >= 15 is 0 Å². The molecule has 0 aliphatic carbocycles. The maximum absolute atomic E-state index is 12.2. The molecule has 5 heterocycles. The zero-order valence-corrected chi connectivity index (χ0v) is 19.6. The molecule has 1 amide bonds. The number of carbonyl (C=O) groups excluding carboxylic acids is 1. The van der Waals surface area contributed by atoms with E-state index in [1.54, 1.807) is 31.1 Å². The highest BCUT2D eigenvalue weighted by molar-refractivity contribution is 5.98. The summed E-state index contributed by atoms with van der Waals surface area (Å²) in [6, 6.07) is 11.7. The number of benzene rings is 1. The molecule has 0 fully saturated rings. The van der Waals surface area contributed by atoms with Crippen LogP contribution in [0.3, 0.4) is 0 Å². The highest BCUT2D eigenvalue weighted by Crippen LogP contribution is 2.32. The minimum Gasteiger partial charge on any atom is -0.472 e. The fourth-order valence-electron chi connectivity index (χ4n) is 4.26. The van der Waals surface area contributed by atoms with Crippen LogP contribution in [-0.4, -0.2) is 36.0 Å². The number of hydrogen-bond donors (Lipinski definition) is 3. The van der Waals surface area contributed by atoms with Gasteiger partial charge in [0.15, 0.2) is 5.82 Å². The number of amides is 1. The molecule has 3 N–H and O–H groups in total. The number of unbranched alkanes of at least 4 members (excludes halogenated alkanes) is 1. The van der Waals surface area contributed by atoms with Crippen LogP contribution < -0.4 is 5.32 Å². The molecule has 0 aliphatic heterocycles. The number of fused-ring (bicyclic) bond motifs is 2. The molecule has 1 aromatic carbocycles. The van der Waals surface area contributed by atoms with E-state index in [1.165, 1.54) is 0 Å². The first-order valence-corrected chi connectivity index (χ1v) is 11.8. The molecule has 0 unspecified atom stereocenters. The summed E-state index contributed by atoms with van der Waals surface area (Å²) in [5.41, 5.74) is 7.34. The zero-order chi connectivity index (χ0) is 24.5. The first-order valence-electron chi connectivity index (χ1n) is 11.8. The number of imidazole rings is 1. The van der Waals surface area contributed by atoms with Crippen molar-refractivity contribution in [2.24, 2.45) is 0 Å². The van der Waals surface area contributed by atoms with Crippen molar-refractivity contribution in [1.82, 2.24) is 30.1 Å². The Hall–Kier alpha value is -4.79. The molecule has 36 heavy (non-hydrogen) atoms. The van der Waals surface area contributed by atoms with Gasteiger partial charge >= 0.3 is 0 Å². The van der Waals surface area contributed by atoms with Gasteiger partial charge in [-0.05, 0) is 30.7 Å². The molecular formula is C27H23N7O2. The number of nitrogens with zero attached hydrogens (tertiary/aromatic N) is 4. The summed E-state index contributed by atoms with van der Waals surface area (Å²) in [6.07, 6.45) is 10.8. The van der Waals surface area contributed by atoms with Gasteiger partial charge in [0.05, 0.1) is 52.9 Å². The van der Waals surface area contributed by atoms with Crippen molar-refractivity contribution in [3.8, 4) is 33.9 Å². The van der Waals surface area contributed by atoms with Crippen LogP contribution in [0.2, 0.25) is 0 Å². The molecule has 0 radical (unpaired) electrons. The van der Waals surface area contributed by atoms with Crippen molar-refractivity contribution in [2.45, 2.75) is 26.2 Å².